The minimum Gasteiger partial charge on any atom is -0.383 e. The SMILES string of the molecule is CC(C(O)OCP)n1ccc(N)nc1=O. The zero-order chi connectivity index (χ0) is 11.4. The molecular weight excluding hydrogens is 217 g/mol. The van der Waals surface area contributed by atoms with Crippen LogP contribution in [0.25, 0.3) is 0 Å². The Morgan fingerprint density at radius 2 is 2.47 bits per heavy atom. The van der Waals surface area contributed by atoms with Gasteiger partial charge in [0, 0.05) is 6.20 Å². The lowest BCUT2D eigenvalue weighted by Crippen LogP contribution is -2.33. The highest BCUT2D eigenvalue weighted by atomic mass is 31.0. The zero-order valence-electron chi connectivity index (χ0n) is 8.33. The van der Waals surface area contributed by atoms with E-state index in [1.165, 1.54) is 16.8 Å². The first-order valence-corrected chi connectivity index (χ1v) is 5.22. The van der Waals surface area contributed by atoms with Crippen LogP contribution < -0.4 is 11.4 Å². The second-order valence-electron chi connectivity index (χ2n) is 3.01. The molecule has 3 N–H and O–H groups in total. The molecular formula is C8H14N3O3P. The second-order valence-corrected chi connectivity index (χ2v) is 3.34. The Morgan fingerprint density at radius 3 is 3.00 bits per heavy atom. The Labute approximate surface area is 89.3 Å². The number of aliphatic hydroxyl groups is 1. The van der Waals surface area contributed by atoms with Crippen LogP contribution in [-0.2, 0) is 4.74 Å². The van der Waals surface area contributed by atoms with Crippen molar-refractivity contribution in [2.75, 3.05) is 12.1 Å². The van der Waals surface area contributed by atoms with Gasteiger partial charge in [-0.1, -0.05) is 0 Å². The fraction of sp³-hybridized carbons (Fsp3) is 0.500. The number of nitrogens with two attached hydrogens (primary N) is 1. The lowest BCUT2D eigenvalue weighted by atomic mass is 10.3. The third kappa shape index (κ3) is 2.99. The van der Waals surface area contributed by atoms with Crippen molar-refractivity contribution in [3.05, 3.63) is 22.7 Å². The maximum absolute atomic E-state index is 11.4. The van der Waals surface area contributed by atoms with E-state index in [1.807, 2.05) is 0 Å². The van der Waals surface area contributed by atoms with Crippen molar-refractivity contribution < 1.29 is 9.84 Å². The highest BCUT2D eigenvalue weighted by Crippen LogP contribution is 2.10. The maximum Gasteiger partial charge on any atom is 0.349 e. The number of ether oxygens (including phenoxy) is 1. The summed E-state index contributed by atoms with van der Waals surface area (Å²) in [6.45, 7) is 1.66. The Kier molecular flexibility index (Phi) is 4.20. The Hall–Kier alpha value is -0.970. The van der Waals surface area contributed by atoms with Crippen molar-refractivity contribution in [1.82, 2.24) is 9.55 Å². The molecule has 1 aromatic heterocycles. The van der Waals surface area contributed by atoms with Crippen molar-refractivity contribution in [1.29, 1.82) is 0 Å². The van der Waals surface area contributed by atoms with E-state index in [0.717, 1.165) is 0 Å². The van der Waals surface area contributed by atoms with Gasteiger partial charge in [0.05, 0.1) is 12.4 Å². The number of nitrogens with zero attached hydrogens (tertiary/aromatic N) is 2. The number of hydrogen-bond donors (Lipinski definition) is 2. The Balaban J connectivity index is 2.91. The smallest absolute Gasteiger partial charge is 0.349 e. The van der Waals surface area contributed by atoms with Crippen LogP contribution in [0, 0.1) is 0 Å². The molecule has 15 heavy (non-hydrogen) atoms. The lowest BCUT2D eigenvalue weighted by Gasteiger charge is -2.20. The highest BCUT2D eigenvalue weighted by Gasteiger charge is 2.17. The van der Waals surface area contributed by atoms with E-state index in [0.29, 0.717) is 6.35 Å². The molecule has 0 saturated heterocycles. The van der Waals surface area contributed by atoms with Gasteiger partial charge in [0.25, 0.3) is 0 Å². The van der Waals surface area contributed by atoms with E-state index in [4.69, 9.17) is 10.5 Å². The van der Waals surface area contributed by atoms with Crippen LogP contribution in [0.5, 0.6) is 0 Å². The molecule has 0 aromatic carbocycles. The van der Waals surface area contributed by atoms with E-state index >= 15 is 0 Å². The summed E-state index contributed by atoms with van der Waals surface area (Å²) in [6, 6.07) is 0.983. The van der Waals surface area contributed by atoms with Gasteiger partial charge in [0.15, 0.2) is 6.29 Å². The topological polar surface area (TPSA) is 90.4 Å². The van der Waals surface area contributed by atoms with Crippen LogP contribution in [0.1, 0.15) is 13.0 Å². The minimum absolute atomic E-state index is 0.157. The van der Waals surface area contributed by atoms with Crippen LogP contribution in [-0.4, -0.2) is 27.3 Å². The van der Waals surface area contributed by atoms with Gasteiger partial charge in [-0.2, -0.15) is 4.98 Å². The average Bonchev–Trinajstić information content (AvgIpc) is 2.17. The second kappa shape index (κ2) is 5.21. The number of rotatable bonds is 4. The van der Waals surface area contributed by atoms with Crippen LogP contribution >= 0.6 is 9.24 Å². The first kappa shape index (κ1) is 12.1. The van der Waals surface area contributed by atoms with E-state index in [-0.39, 0.29) is 5.82 Å². The summed E-state index contributed by atoms with van der Waals surface area (Å²) in [5, 5.41) is 9.51. The summed E-state index contributed by atoms with van der Waals surface area (Å²) in [5.74, 6) is 0.157. The molecule has 0 saturated carbocycles. The minimum atomic E-state index is -1.05. The van der Waals surface area contributed by atoms with Crippen molar-refractivity contribution >= 4 is 15.1 Å². The van der Waals surface area contributed by atoms with Gasteiger partial charge in [0.1, 0.15) is 5.82 Å². The highest BCUT2D eigenvalue weighted by molar-refractivity contribution is 7.16. The van der Waals surface area contributed by atoms with Gasteiger partial charge in [-0.25, -0.2) is 4.79 Å². The maximum atomic E-state index is 11.4. The van der Waals surface area contributed by atoms with E-state index in [1.54, 1.807) is 6.92 Å². The molecule has 6 nitrogen and oxygen atoms in total. The van der Waals surface area contributed by atoms with Gasteiger partial charge < -0.3 is 15.6 Å². The Morgan fingerprint density at radius 1 is 1.80 bits per heavy atom. The molecule has 0 spiro atoms. The molecule has 0 amide bonds. The van der Waals surface area contributed by atoms with E-state index < -0.39 is 18.0 Å². The van der Waals surface area contributed by atoms with Crippen molar-refractivity contribution in [3.8, 4) is 0 Å². The predicted octanol–water partition coefficient (Wildman–Crippen LogP) is -0.446. The monoisotopic (exact) mass is 231 g/mol. The van der Waals surface area contributed by atoms with Gasteiger partial charge in [-0.05, 0) is 13.0 Å². The molecule has 0 aliphatic carbocycles. The van der Waals surface area contributed by atoms with Crippen LogP contribution in [0.4, 0.5) is 5.82 Å². The number of anilines is 1. The molecule has 0 bridgehead atoms. The third-order valence-corrected chi connectivity index (χ3v) is 2.16. The van der Waals surface area contributed by atoms with Gasteiger partial charge in [0.2, 0.25) is 0 Å². The standard InChI is InChI=1S/C8H14N3O3P/c1-5(7(12)14-4-15)11-3-2-6(9)10-8(11)13/h2-3,5,7,12H,4,15H2,1H3,(H2,9,10,13). The van der Waals surface area contributed by atoms with Gasteiger partial charge in [-0.15, -0.1) is 9.24 Å². The normalized spacial score (nSPS) is 14.9. The van der Waals surface area contributed by atoms with E-state index in [2.05, 4.69) is 14.2 Å². The summed E-state index contributed by atoms with van der Waals surface area (Å²) < 4.78 is 6.21. The molecule has 0 fully saturated rings. The molecule has 1 rings (SSSR count). The molecule has 3 atom stereocenters. The molecule has 0 aliphatic rings. The summed E-state index contributed by atoms with van der Waals surface area (Å²) >= 11 is 0. The fourth-order valence-corrected chi connectivity index (χ4v) is 1.31. The molecule has 7 heteroatoms. The molecule has 0 radical (unpaired) electrons. The average molecular weight is 231 g/mol. The quantitative estimate of drug-likeness (QED) is 0.541. The van der Waals surface area contributed by atoms with Gasteiger partial charge in [-0.3, -0.25) is 4.57 Å². The molecule has 0 aliphatic heterocycles. The van der Waals surface area contributed by atoms with Crippen molar-refractivity contribution in [2.24, 2.45) is 0 Å². The van der Waals surface area contributed by atoms with Gasteiger partial charge >= 0.3 is 5.69 Å². The van der Waals surface area contributed by atoms with Crippen molar-refractivity contribution in [3.63, 3.8) is 0 Å². The molecule has 1 aromatic rings. The van der Waals surface area contributed by atoms with Crippen molar-refractivity contribution in [2.45, 2.75) is 19.3 Å². The lowest BCUT2D eigenvalue weighted by molar-refractivity contribution is -0.110. The fourth-order valence-electron chi connectivity index (χ4n) is 1.11. The number of aromatic nitrogens is 2. The van der Waals surface area contributed by atoms with Crippen LogP contribution in [0.15, 0.2) is 17.1 Å². The first-order valence-electron chi connectivity index (χ1n) is 4.40. The van der Waals surface area contributed by atoms with E-state index in [9.17, 15) is 9.90 Å². The van der Waals surface area contributed by atoms with Crippen LogP contribution in [0.2, 0.25) is 0 Å². The summed E-state index contributed by atoms with van der Waals surface area (Å²) in [6.07, 6.45) is 0.721. The summed E-state index contributed by atoms with van der Waals surface area (Å²) in [4.78, 5) is 14.9. The number of aliphatic hydroxyl groups excluding tert-OH is 1. The number of nitrogen functional groups attached to an aromatic ring is 1. The molecule has 1 heterocycles. The summed E-state index contributed by atoms with van der Waals surface area (Å²) in [5.41, 5.74) is 4.84. The summed E-state index contributed by atoms with van der Waals surface area (Å²) in [7, 11) is 2.32. The molecule has 3 unspecified atom stereocenters. The third-order valence-electron chi connectivity index (χ3n) is 1.97. The van der Waals surface area contributed by atoms with Crippen LogP contribution in [0.3, 0.4) is 0 Å². The first-order chi connectivity index (χ1) is 7.06. The Bertz CT molecular complexity index is 382. The zero-order valence-corrected chi connectivity index (χ0v) is 9.48. The largest absolute Gasteiger partial charge is 0.383 e. The predicted molar refractivity (Wildman–Crippen MR) is 59.3 cm³/mol. The number of hydrogen-bond acceptors (Lipinski definition) is 5. The molecule has 84 valence electrons.